The first-order chi connectivity index (χ1) is 14.3. The first-order valence-electron chi connectivity index (χ1n) is 8.89. The Morgan fingerprint density at radius 2 is 1.47 bits per heavy atom. The van der Waals surface area contributed by atoms with Crippen LogP contribution in [0.3, 0.4) is 0 Å². The molecule has 30 heavy (non-hydrogen) atoms. The molecular weight excluding hydrogens is 429 g/mol. The van der Waals surface area contributed by atoms with Crippen LogP contribution >= 0.6 is 7.92 Å². The lowest BCUT2D eigenvalue weighted by Crippen LogP contribution is -2.21. The number of hydrogen-bond donors (Lipinski definition) is 1. The molecule has 0 amide bonds. The Morgan fingerprint density at radius 1 is 0.967 bits per heavy atom. The molecule has 0 saturated carbocycles. The van der Waals surface area contributed by atoms with Gasteiger partial charge in [0.15, 0.2) is 0 Å². The molecule has 8 nitrogen and oxygen atoms in total. The van der Waals surface area contributed by atoms with Crippen molar-refractivity contribution in [1.29, 1.82) is 0 Å². The van der Waals surface area contributed by atoms with Gasteiger partial charge in [-0.3, -0.25) is 14.7 Å². The predicted molar refractivity (Wildman–Crippen MR) is 115 cm³/mol. The number of rotatable bonds is 7. The van der Waals surface area contributed by atoms with E-state index in [1.54, 1.807) is 48.5 Å². The average Bonchev–Trinajstić information content (AvgIpc) is 2.73. The molecule has 0 aromatic heterocycles. The van der Waals surface area contributed by atoms with Crippen LogP contribution in [0.25, 0.3) is 0 Å². The van der Waals surface area contributed by atoms with Gasteiger partial charge in [-0.25, -0.2) is 0 Å². The third-order valence-corrected chi connectivity index (χ3v) is 8.42. The number of benzene rings is 2. The summed E-state index contributed by atoms with van der Waals surface area (Å²) >= 11 is 0. The first kappa shape index (κ1) is 22.0. The maximum absolute atomic E-state index is 12.2. The fourth-order valence-electron chi connectivity index (χ4n) is 3.29. The molecule has 1 N–H and O–H groups in total. The summed E-state index contributed by atoms with van der Waals surface area (Å²) in [6.45, 7) is 0. The average molecular weight is 449 g/mol. The van der Waals surface area contributed by atoms with Gasteiger partial charge < -0.3 is 9.47 Å². The number of para-hydroxylation sites is 2. The van der Waals surface area contributed by atoms with Crippen molar-refractivity contribution in [1.82, 2.24) is 0 Å². The van der Waals surface area contributed by atoms with E-state index in [4.69, 9.17) is 9.47 Å². The van der Waals surface area contributed by atoms with Crippen LogP contribution in [0.15, 0.2) is 70.5 Å². The molecule has 0 radical (unpaired) electrons. The van der Waals surface area contributed by atoms with Crippen LogP contribution in [0.2, 0.25) is 0 Å². The van der Waals surface area contributed by atoms with Crippen LogP contribution < -0.4 is 20.1 Å². The second-order valence-electron chi connectivity index (χ2n) is 6.36. The molecule has 0 bridgehead atoms. The Labute approximate surface area is 175 Å². The van der Waals surface area contributed by atoms with Gasteiger partial charge in [-0.05, 0) is 26.5 Å². The van der Waals surface area contributed by atoms with Crippen molar-refractivity contribution in [3.05, 3.63) is 80.6 Å². The fraction of sp³-hybridized carbons (Fsp3) is 0.200. The standard InChI is InChI=1S/C20H20NO7PS/c1-27-15-7-3-5-9-17(15)29(18-10-6-4-8-16(18)28-2)19-13-14(21(22)23)11-12-20(19)30(24,25)26/h3-10,13H,11-12H2,1-2H3,(H,24,25,26). The van der Waals surface area contributed by atoms with Gasteiger partial charge in [0.05, 0.1) is 24.0 Å². The molecule has 0 aliphatic heterocycles. The molecule has 2 aromatic rings. The van der Waals surface area contributed by atoms with Crippen molar-refractivity contribution in [2.45, 2.75) is 12.8 Å². The van der Waals surface area contributed by atoms with Gasteiger partial charge in [0.2, 0.25) is 5.70 Å². The van der Waals surface area contributed by atoms with Gasteiger partial charge in [-0.1, -0.05) is 36.4 Å². The normalized spacial score (nSPS) is 14.5. The molecule has 3 rings (SSSR count). The van der Waals surface area contributed by atoms with Crippen LogP contribution in [0.5, 0.6) is 11.5 Å². The van der Waals surface area contributed by atoms with Crippen molar-refractivity contribution in [2.24, 2.45) is 0 Å². The van der Waals surface area contributed by atoms with Crippen molar-refractivity contribution in [3.8, 4) is 11.5 Å². The highest BCUT2D eigenvalue weighted by Gasteiger charge is 2.34. The van der Waals surface area contributed by atoms with Gasteiger partial charge in [-0.15, -0.1) is 0 Å². The second-order valence-corrected chi connectivity index (χ2v) is 9.91. The molecule has 1 aliphatic rings. The van der Waals surface area contributed by atoms with E-state index >= 15 is 0 Å². The molecule has 2 aromatic carbocycles. The highest BCUT2D eigenvalue weighted by Crippen LogP contribution is 2.52. The third kappa shape index (κ3) is 4.38. The van der Waals surface area contributed by atoms with Crippen LogP contribution in [-0.4, -0.2) is 32.1 Å². The lowest BCUT2D eigenvalue weighted by Gasteiger charge is -2.26. The van der Waals surface area contributed by atoms with Crippen molar-refractivity contribution in [3.63, 3.8) is 0 Å². The maximum Gasteiger partial charge on any atom is 0.291 e. The number of nitro groups is 1. The molecular formula is C20H20NO7PS. The molecule has 158 valence electrons. The second kappa shape index (κ2) is 8.95. The zero-order valence-electron chi connectivity index (χ0n) is 16.3. The van der Waals surface area contributed by atoms with Crippen molar-refractivity contribution < 1.29 is 27.4 Å². The number of allylic oxidation sites excluding steroid dienone is 4. The van der Waals surface area contributed by atoms with E-state index in [1.807, 2.05) is 0 Å². The summed E-state index contributed by atoms with van der Waals surface area (Å²) in [6, 6.07) is 14.1. The predicted octanol–water partition coefficient (Wildman–Crippen LogP) is 3.19. The van der Waals surface area contributed by atoms with E-state index in [0.717, 1.165) is 0 Å². The minimum absolute atomic E-state index is 0.0906. The lowest BCUT2D eigenvalue weighted by molar-refractivity contribution is -0.428. The topological polar surface area (TPSA) is 116 Å². The Bertz CT molecular complexity index is 1090. The van der Waals surface area contributed by atoms with Crippen LogP contribution in [0, 0.1) is 10.1 Å². The zero-order chi connectivity index (χ0) is 21.9. The van der Waals surface area contributed by atoms with Gasteiger partial charge in [0, 0.05) is 28.4 Å². The highest BCUT2D eigenvalue weighted by atomic mass is 32.2. The summed E-state index contributed by atoms with van der Waals surface area (Å²) in [5, 5.41) is 12.9. The fourth-order valence-corrected chi connectivity index (χ4v) is 7.26. The Kier molecular flexibility index (Phi) is 6.55. The summed E-state index contributed by atoms with van der Waals surface area (Å²) in [5.74, 6) is 0.997. The van der Waals surface area contributed by atoms with Crippen molar-refractivity contribution >= 4 is 28.6 Å². The molecule has 0 heterocycles. The van der Waals surface area contributed by atoms with E-state index in [-0.39, 0.29) is 28.8 Å². The highest BCUT2D eigenvalue weighted by molar-refractivity contribution is 7.90. The number of hydrogen-bond acceptors (Lipinski definition) is 6. The first-order valence-corrected chi connectivity index (χ1v) is 11.7. The molecule has 0 fully saturated rings. The minimum Gasteiger partial charge on any atom is -0.496 e. The third-order valence-electron chi connectivity index (χ3n) is 4.64. The van der Waals surface area contributed by atoms with Crippen LogP contribution in [0.1, 0.15) is 12.8 Å². The van der Waals surface area contributed by atoms with Crippen LogP contribution in [0.4, 0.5) is 0 Å². The Hall–Kier alpha value is -2.74. The SMILES string of the molecule is COc1ccccc1P(C1=C(S(=O)(=O)O)CCC([N+](=O)[O-])=C1)c1ccccc1OC. The summed E-state index contributed by atoms with van der Waals surface area (Å²) in [6.07, 6.45) is 1.01. The van der Waals surface area contributed by atoms with Crippen molar-refractivity contribution in [2.75, 3.05) is 14.2 Å². The quantitative estimate of drug-likeness (QED) is 0.299. The molecule has 10 heteroatoms. The van der Waals surface area contributed by atoms with Gasteiger partial charge in [0.1, 0.15) is 11.5 Å². The van der Waals surface area contributed by atoms with Gasteiger partial charge in [-0.2, -0.15) is 8.42 Å². The molecule has 0 saturated heterocycles. The number of ether oxygens (including phenoxy) is 2. The number of methoxy groups -OCH3 is 2. The zero-order valence-corrected chi connectivity index (χ0v) is 18.0. The Morgan fingerprint density at radius 3 is 1.90 bits per heavy atom. The van der Waals surface area contributed by atoms with E-state index in [9.17, 15) is 23.1 Å². The van der Waals surface area contributed by atoms with E-state index < -0.39 is 23.0 Å². The monoisotopic (exact) mass is 449 g/mol. The Balaban J connectivity index is 2.41. The van der Waals surface area contributed by atoms with E-state index in [0.29, 0.717) is 22.1 Å². The smallest absolute Gasteiger partial charge is 0.291 e. The maximum atomic E-state index is 12.2. The van der Waals surface area contributed by atoms with Gasteiger partial charge >= 0.3 is 0 Å². The van der Waals surface area contributed by atoms with Crippen LogP contribution in [-0.2, 0) is 10.1 Å². The summed E-state index contributed by atoms with van der Waals surface area (Å²) in [5.41, 5.74) is -0.116. The molecule has 0 unspecified atom stereocenters. The van der Waals surface area contributed by atoms with Gasteiger partial charge in [0.25, 0.3) is 10.1 Å². The number of nitrogens with zero attached hydrogens (tertiary/aromatic N) is 1. The molecule has 0 atom stereocenters. The summed E-state index contributed by atoms with van der Waals surface area (Å²) < 4.78 is 45.3. The molecule has 1 aliphatic carbocycles. The molecule has 0 spiro atoms. The largest absolute Gasteiger partial charge is 0.496 e. The summed E-state index contributed by atoms with van der Waals surface area (Å²) in [4.78, 5) is 10.7. The minimum atomic E-state index is -4.58. The van der Waals surface area contributed by atoms with E-state index in [2.05, 4.69) is 0 Å². The summed E-state index contributed by atoms with van der Waals surface area (Å²) in [7, 11) is -3.26. The lowest BCUT2D eigenvalue weighted by atomic mass is 10.1. The van der Waals surface area contributed by atoms with E-state index in [1.165, 1.54) is 20.3 Å².